The maximum Gasteiger partial charge on any atom is 0.0391 e. The molecule has 0 radical (unpaired) electrons. The lowest BCUT2D eigenvalue weighted by Crippen LogP contribution is -2.28. The molecule has 0 amide bonds. The third-order valence-electron chi connectivity index (χ3n) is 1.83. The molecule has 2 heteroatoms. The minimum absolute atomic E-state index is 0.308. The molecule has 1 atom stereocenters. The summed E-state index contributed by atoms with van der Waals surface area (Å²) in [6.45, 7) is 0. The molecular formula is C10H13NS. The van der Waals surface area contributed by atoms with Crippen molar-refractivity contribution in [3.05, 3.63) is 35.9 Å². The average Bonchev–Trinajstić information content (AvgIpc) is 2.16. The Morgan fingerprint density at radius 1 is 1.42 bits per heavy atom. The van der Waals surface area contributed by atoms with Crippen LogP contribution in [0.15, 0.2) is 30.3 Å². The van der Waals surface area contributed by atoms with Gasteiger partial charge in [-0.3, -0.25) is 0 Å². The van der Waals surface area contributed by atoms with Crippen LogP contribution in [0.5, 0.6) is 0 Å². The SMILES string of the molecule is CNC(C=S)Cc1ccccc1. The van der Waals surface area contributed by atoms with Crippen molar-refractivity contribution in [3.63, 3.8) is 0 Å². The van der Waals surface area contributed by atoms with Gasteiger partial charge < -0.3 is 5.32 Å². The summed E-state index contributed by atoms with van der Waals surface area (Å²) in [6, 6.07) is 10.7. The molecule has 1 N–H and O–H groups in total. The molecule has 0 bridgehead atoms. The van der Waals surface area contributed by atoms with Gasteiger partial charge in [0.1, 0.15) is 0 Å². The highest BCUT2D eigenvalue weighted by atomic mass is 32.1. The fourth-order valence-electron chi connectivity index (χ4n) is 1.09. The summed E-state index contributed by atoms with van der Waals surface area (Å²) < 4.78 is 0. The normalized spacial score (nSPS) is 12.4. The summed E-state index contributed by atoms with van der Waals surface area (Å²) in [7, 11) is 1.93. The van der Waals surface area contributed by atoms with E-state index in [0.717, 1.165) is 6.42 Å². The second-order valence-corrected chi connectivity index (χ2v) is 2.99. The molecule has 0 aliphatic rings. The Balaban J connectivity index is 2.56. The maximum absolute atomic E-state index is 4.88. The Kier molecular flexibility index (Phi) is 3.91. The van der Waals surface area contributed by atoms with Crippen LogP contribution in [0.4, 0.5) is 0 Å². The summed E-state index contributed by atoms with van der Waals surface area (Å²) in [5.41, 5.74) is 1.32. The molecule has 0 aliphatic heterocycles. The maximum atomic E-state index is 4.88. The Bertz CT molecular complexity index is 233. The summed E-state index contributed by atoms with van der Waals surface area (Å²) in [5, 5.41) is 4.91. The molecule has 64 valence electrons. The zero-order chi connectivity index (χ0) is 8.81. The molecule has 0 aliphatic carbocycles. The molecule has 12 heavy (non-hydrogen) atoms. The van der Waals surface area contributed by atoms with Gasteiger partial charge in [0.25, 0.3) is 0 Å². The van der Waals surface area contributed by atoms with Gasteiger partial charge in [0, 0.05) is 6.04 Å². The van der Waals surface area contributed by atoms with Crippen molar-refractivity contribution in [2.75, 3.05) is 7.05 Å². The minimum Gasteiger partial charge on any atom is -0.313 e. The summed E-state index contributed by atoms with van der Waals surface area (Å²) in [4.78, 5) is 0. The third-order valence-corrected chi connectivity index (χ3v) is 2.16. The van der Waals surface area contributed by atoms with E-state index in [2.05, 4.69) is 17.4 Å². The lowest BCUT2D eigenvalue weighted by atomic mass is 10.1. The first-order valence-electron chi connectivity index (χ1n) is 4.03. The van der Waals surface area contributed by atoms with E-state index in [1.165, 1.54) is 5.56 Å². The summed E-state index contributed by atoms with van der Waals surface area (Å²) >= 11 is 4.88. The van der Waals surface area contributed by atoms with Crippen LogP contribution in [0.1, 0.15) is 5.56 Å². The lowest BCUT2D eigenvalue weighted by molar-refractivity contribution is 0.712. The van der Waals surface area contributed by atoms with E-state index in [4.69, 9.17) is 12.2 Å². The van der Waals surface area contributed by atoms with Gasteiger partial charge in [-0.1, -0.05) is 42.5 Å². The average molecular weight is 179 g/mol. The molecule has 1 unspecified atom stereocenters. The van der Waals surface area contributed by atoms with E-state index in [-0.39, 0.29) is 0 Å². The van der Waals surface area contributed by atoms with Crippen molar-refractivity contribution >= 4 is 17.6 Å². The van der Waals surface area contributed by atoms with Crippen LogP contribution in [0.3, 0.4) is 0 Å². The fraction of sp³-hybridized carbons (Fsp3) is 0.300. The standard InChI is InChI=1S/C10H13NS/c1-11-10(8-12)7-9-5-3-2-4-6-9/h2-6,8,10-11H,7H2,1H3. The second-order valence-electron chi connectivity index (χ2n) is 2.72. The van der Waals surface area contributed by atoms with Gasteiger partial charge in [0.05, 0.1) is 0 Å². The first-order chi connectivity index (χ1) is 5.86. The van der Waals surface area contributed by atoms with Crippen LogP contribution in [0.2, 0.25) is 0 Å². The molecular weight excluding hydrogens is 166 g/mol. The van der Waals surface area contributed by atoms with E-state index in [0.29, 0.717) is 6.04 Å². The van der Waals surface area contributed by atoms with Crippen LogP contribution >= 0.6 is 12.2 Å². The van der Waals surface area contributed by atoms with Crippen LogP contribution in [-0.4, -0.2) is 18.5 Å². The minimum atomic E-state index is 0.308. The van der Waals surface area contributed by atoms with Gasteiger partial charge in [-0.05, 0) is 24.4 Å². The summed E-state index contributed by atoms with van der Waals surface area (Å²) in [6.07, 6.45) is 0.973. The van der Waals surface area contributed by atoms with E-state index in [1.807, 2.05) is 25.2 Å². The van der Waals surface area contributed by atoms with Crippen molar-refractivity contribution in [3.8, 4) is 0 Å². The Labute approximate surface area is 78.8 Å². The molecule has 0 spiro atoms. The van der Waals surface area contributed by atoms with Gasteiger partial charge in [-0.25, -0.2) is 0 Å². The largest absolute Gasteiger partial charge is 0.313 e. The molecule has 1 aromatic rings. The van der Waals surface area contributed by atoms with Gasteiger partial charge >= 0.3 is 0 Å². The molecule has 0 saturated carbocycles. The van der Waals surface area contributed by atoms with Crippen molar-refractivity contribution < 1.29 is 0 Å². The number of hydrogen-bond donors (Lipinski definition) is 1. The van der Waals surface area contributed by atoms with Gasteiger partial charge in [0.2, 0.25) is 0 Å². The van der Waals surface area contributed by atoms with E-state index in [1.54, 1.807) is 5.37 Å². The molecule has 0 aromatic heterocycles. The highest BCUT2D eigenvalue weighted by Gasteiger charge is 2.01. The highest BCUT2D eigenvalue weighted by Crippen LogP contribution is 2.01. The predicted molar refractivity (Wildman–Crippen MR) is 56.6 cm³/mol. The van der Waals surface area contributed by atoms with Crippen LogP contribution < -0.4 is 5.32 Å². The van der Waals surface area contributed by atoms with Gasteiger partial charge in [0.15, 0.2) is 0 Å². The predicted octanol–water partition coefficient (Wildman–Crippen LogP) is 1.82. The quantitative estimate of drug-likeness (QED) is 0.708. The monoisotopic (exact) mass is 179 g/mol. The van der Waals surface area contributed by atoms with Crippen molar-refractivity contribution in [2.24, 2.45) is 0 Å². The van der Waals surface area contributed by atoms with Crippen molar-refractivity contribution in [2.45, 2.75) is 12.5 Å². The van der Waals surface area contributed by atoms with E-state index >= 15 is 0 Å². The zero-order valence-corrected chi connectivity index (χ0v) is 7.97. The van der Waals surface area contributed by atoms with Gasteiger partial charge in [-0.2, -0.15) is 0 Å². The number of rotatable bonds is 4. The number of likely N-dealkylation sites (N-methyl/N-ethyl adjacent to an activating group) is 1. The number of nitrogens with one attached hydrogen (secondary N) is 1. The van der Waals surface area contributed by atoms with E-state index in [9.17, 15) is 0 Å². The second kappa shape index (κ2) is 5.01. The smallest absolute Gasteiger partial charge is 0.0391 e. The molecule has 1 rings (SSSR count). The molecule has 0 heterocycles. The number of benzene rings is 1. The third kappa shape index (κ3) is 2.72. The van der Waals surface area contributed by atoms with Gasteiger partial charge in [-0.15, -0.1) is 0 Å². The topological polar surface area (TPSA) is 12.0 Å². The fourth-order valence-corrected chi connectivity index (χ4v) is 1.32. The molecule has 0 fully saturated rings. The van der Waals surface area contributed by atoms with Crippen LogP contribution in [-0.2, 0) is 6.42 Å². The van der Waals surface area contributed by atoms with Crippen molar-refractivity contribution in [1.82, 2.24) is 5.32 Å². The van der Waals surface area contributed by atoms with Crippen molar-refractivity contribution in [1.29, 1.82) is 0 Å². The Morgan fingerprint density at radius 3 is 2.58 bits per heavy atom. The molecule has 0 saturated heterocycles. The van der Waals surface area contributed by atoms with Crippen LogP contribution in [0, 0.1) is 0 Å². The molecule has 1 aromatic carbocycles. The van der Waals surface area contributed by atoms with E-state index < -0.39 is 0 Å². The Hall–Kier alpha value is -0.730. The highest BCUT2D eigenvalue weighted by molar-refractivity contribution is 7.79. The van der Waals surface area contributed by atoms with Crippen LogP contribution in [0.25, 0.3) is 0 Å². The lowest BCUT2D eigenvalue weighted by Gasteiger charge is -2.09. The first-order valence-corrected chi connectivity index (χ1v) is 4.50. The zero-order valence-electron chi connectivity index (χ0n) is 7.16. The Morgan fingerprint density at radius 2 is 2.08 bits per heavy atom. The number of hydrogen-bond acceptors (Lipinski definition) is 2. The number of thiocarbonyl (C=S) groups is 1. The summed E-state index contributed by atoms with van der Waals surface area (Å²) in [5.74, 6) is 0. The molecule has 1 nitrogen and oxygen atoms in total. The first kappa shape index (κ1) is 9.36.